The first-order valence-corrected chi connectivity index (χ1v) is 9.72. The van der Waals surface area contributed by atoms with E-state index in [4.69, 9.17) is 4.74 Å². The van der Waals surface area contributed by atoms with Crippen molar-refractivity contribution in [2.24, 2.45) is 23.2 Å². The monoisotopic (exact) mass is 281 g/mol. The Bertz CT molecular complexity index is 338. The summed E-state index contributed by atoms with van der Waals surface area (Å²) in [6.07, 6.45) is 8.03. The lowest BCUT2D eigenvalue weighted by molar-refractivity contribution is -0.141. The quantitative estimate of drug-likeness (QED) is 0.743. The largest absolute Gasteiger partial charge is 0.372 e. The first kappa shape index (κ1) is 12.7. The Kier molecular flexibility index (Phi) is 3.19. The van der Waals surface area contributed by atoms with Crippen LogP contribution in [0.3, 0.4) is 0 Å². The van der Waals surface area contributed by atoms with E-state index >= 15 is 0 Å². The van der Waals surface area contributed by atoms with Gasteiger partial charge in [0.25, 0.3) is 0 Å². The van der Waals surface area contributed by atoms with Crippen LogP contribution in [0.4, 0.5) is 0 Å². The van der Waals surface area contributed by atoms with E-state index in [0.29, 0.717) is 16.7 Å². The Morgan fingerprint density at radius 1 is 1.00 bits per heavy atom. The number of ketones is 1. The second kappa shape index (κ2) is 4.77. The Morgan fingerprint density at radius 2 is 1.53 bits per heavy atom. The summed E-state index contributed by atoms with van der Waals surface area (Å²) in [6.45, 7) is 1.77. The predicted molar refractivity (Wildman–Crippen MR) is 78.4 cm³/mol. The lowest BCUT2D eigenvalue weighted by Crippen LogP contribution is -2.52. The minimum atomic E-state index is 0.139. The van der Waals surface area contributed by atoms with Gasteiger partial charge in [0.2, 0.25) is 0 Å². The smallest absolute Gasteiger partial charge is 0.187 e. The molecule has 4 aliphatic carbocycles. The number of Topliss-reactive ketones (excluding diaryl/α,β-unsaturated/α-hetero) is 1. The minimum Gasteiger partial charge on any atom is -0.372 e. The summed E-state index contributed by atoms with van der Waals surface area (Å²) >= 11 is 0. The van der Waals surface area contributed by atoms with Crippen LogP contribution >= 0.6 is 0 Å². The Hall–Kier alpha value is -0.0200. The molecule has 0 unspecified atom stereocenters. The summed E-state index contributed by atoms with van der Waals surface area (Å²) in [5, 5.41) is 0. The van der Waals surface area contributed by atoms with E-state index in [1.165, 1.54) is 38.5 Å². The molecule has 106 valence electrons. The van der Waals surface area contributed by atoms with Crippen molar-refractivity contribution in [2.45, 2.75) is 38.5 Å². The van der Waals surface area contributed by atoms with E-state index in [-0.39, 0.29) is 5.41 Å². The number of hydrogen-bond donors (Lipinski definition) is 0. The maximum atomic E-state index is 12.9. The zero-order chi connectivity index (χ0) is 12.9. The van der Waals surface area contributed by atoms with Crippen LogP contribution < -0.4 is 0 Å². The fourth-order valence-corrected chi connectivity index (χ4v) is 7.37. The van der Waals surface area contributed by atoms with Gasteiger partial charge in [0.15, 0.2) is 11.5 Å². The molecule has 0 aromatic carbocycles. The zero-order valence-electron chi connectivity index (χ0n) is 11.7. The highest BCUT2D eigenvalue weighted by Gasteiger charge is 2.55. The van der Waals surface area contributed by atoms with Gasteiger partial charge in [-0.3, -0.25) is 4.79 Å². The molecule has 0 amide bonds. The van der Waals surface area contributed by atoms with Gasteiger partial charge in [0.1, 0.15) is 11.5 Å². The SMILES string of the molecule is O=C(C[S+]1CCOCC1)C12CC3CC(CC(C3)C1)C2. The van der Waals surface area contributed by atoms with E-state index < -0.39 is 0 Å². The summed E-state index contributed by atoms with van der Waals surface area (Å²) < 4.78 is 5.43. The van der Waals surface area contributed by atoms with E-state index in [1.54, 1.807) is 0 Å². The van der Waals surface area contributed by atoms with Gasteiger partial charge in [0.05, 0.1) is 13.2 Å². The highest BCUT2D eigenvalue weighted by atomic mass is 32.2. The third-order valence-corrected chi connectivity index (χ3v) is 8.16. The van der Waals surface area contributed by atoms with Gasteiger partial charge in [-0.15, -0.1) is 0 Å². The number of rotatable bonds is 3. The number of hydrogen-bond acceptors (Lipinski definition) is 2. The summed E-state index contributed by atoms with van der Waals surface area (Å²) in [7, 11) is 0.338. The van der Waals surface area contributed by atoms with Crippen molar-refractivity contribution in [3.05, 3.63) is 0 Å². The molecule has 1 heterocycles. The van der Waals surface area contributed by atoms with E-state index in [2.05, 4.69) is 0 Å². The lowest BCUT2D eigenvalue weighted by Gasteiger charge is -2.55. The number of carbonyl (C=O) groups is 1. The van der Waals surface area contributed by atoms with Crippen LogP contribution in [0.1, 0.15) is 38.5 Å². The van der Waals surface area contributed by atoms with E-state index in [9.17, 15) is 4.79 Å². The fraction of sp³-hybridized carbons (Fsp3) is 0.938. The topological polar surface area (TPSA) is 26.3 Å². The van der Waals surface area contributed by atoms with Gasteiger partial charge >= 0.3 is 0 Å². The predicted octanol–water partition coefficient (Wildman–Crippen LogP) is 2.42. The molecule has 3 heteroatoms. The molecular weight excluding hydrogens is 256 g/mol. The zero-order valence-corrected chi connectivity index (χ0v) is 12.6. The van der Waals surface area contributed by atoms with Crippen LogP contribution in [-0.2, 0) is 20.4 Å². The first-order chi connectivity index (χ1) is 9.23. The summed E-state index contributed by atoms with van der Waals surface area (Å²) in [4.78, 5) is 12.9. The van der Waals surface area contributed by atoms with Crippen LogP contribution in [0, 0.1) is 23.2 Å². The molecule has 2 nitrogen and oxygen atoms in total. The molecule has 0 atom stereocenters. The van der Waals surface area contributed by atoms with Gasteiger partial charge in [-0.05, 0) is 67.2 Å². The van der Waals surface area contributed by atoms with Crippen molar-refractivity contribution in [3.63, 3.8) is 0 Å². The molecule has 0 aromatic heterocycles. The summed E-state index contributed by atoms with van der Waals surface area (Å²) in [5.74, 6) is 6.50. The molecule has 4 saturated carbocycles. The molecule has 4 bridgehead atoms. The highest BCUT2D eigenvalue weighted by Crippen LogP contribution is 2.60. The maximum absolute atomic E-state index is 12.9. The average molecular weight is 281 g/mol. The van der Waals surface area contributed by atoms with Gasteiger partial charge in [0, 0.05) is 5.41 Å². The van der Waals surface area contributed by atoms with Crippen LogP contribution in [0.15, 0.2) is 0 Å². The molecule has 5 aliphatic rings. The molecule has 5 rings (SSSR count). The maximum Gasteiger partial charge on any atom is 0.187 e. The van der Waals surface area contributed by atoms with Crippen LogP contribution in [-0.4, -0.2) is 36.3 Å². The van der Waals surface area contributed by atoms with Gasteiger partial charge in [-0.2, -0.15) is 0 Å². The lowest BCUT2D eigenvalue weighted by atomic mass is 9.48. The highest BCUT2D eigenvalue weighted by molar-refractivity contribution is 7.97. The Labute approximate surface area is 119 Å². The van der Waals surface area contributed by atoms with Crippen LogP contribution in [0.25, 0.3) is 0 Å². The summed E-state index contributed by atoms with van der Waals surface area (Å²) in [5.41, 5.74) is 0.139. The first-order valence-electron chi connectivity index (χ1n) is 7.99. The van der Waals surface area contributed by atoms with Crippen LogP contribution in [0.2, 0.25) is 0 Å². The Balaban J connectivity index is 1.47. The normalized spacial score (nSPS) is 45.6. The molecule has 0 aromatic rings. The number of carbonyl (C=O) groups excluding carboxylic acids is 1. The van der Waals surface area contributed by atoms with Crippen LogP contribution in [0.5, 0.6) is 0 Å². The Morgan fingerprint density at radius 3 is 2.05 bits per heavy atom. The van der Waals surface area contributed by atoms with Crippen molar-refractivity contribution >= 4 is 16.7 Å². The fourth-order valence-electron chi connectivity index (χ4n) is 5.49. The van der Waals surface area contributed by atoms with Crippen molar-refractivity contribution in [3.8, 4) is 0 Å². The molecule has 0 N–H and O–H groups in total. The van der Waals surface area contributed by atoms with Crippen molar-refractivity contribution in [1.29, 1.82) is 0 Å². The average Bonchev–Trinajstić information content (AvgIpc) is 2.38. The molecule has 1 aliphatic heterocycles. The molecular formula is C16H25O2S+. The van der Waals surface area contributed by atoms with Gasteiger partial charge in [-0.25, -0.2) is 0 Å². The van der Waals surface area contributed by atoms with Gasteiger partial charge < -0.3 is 4.74 Å². The molecule has 5 fully saturated rings. The third-order valence-electron chi connectivity index (χ3n) is 6.00. The second-order valence-corrected chi connectivity index (χ2v) is 9.73. The van der Waals surface area contributed by atoms with E-state index in [0.717, 1.165) is 48.2 Å². The van der Waals surface area contributed by atoms with E-state index in [1.807, 2.05) is 0 Å². The second-order valence-electron chi connectivity index (χ2n) is 7.40. The molecule has 19 heavy (non-hydrogen) atoms. The molecule has 1 saturated heterocycles. The van der Waals surface area contributed by atoms with Crippen molar-refractivity contribution in [2.75, 3.05) is 30.5 Å². The van der Waals surface area contributed by atoms with Crippen molar-refractivity contribution < 1.29 is 9.53 Å². The third kappa shape index (κ3) is 2.27. The molecule has 0 radical (unpaired) electrons. The summed E-state index contributed by atoms with van der Waals surface area (Å²) in [6, 6.07) is 0. The van der Waals surface area contributed by atoms with Gasteiger partial charge in [-0.1, -0.05) is 0 Å². The van der Waals surface area contributed by atoms with Crippen molar-refractivity contribution in [1.82, 2.24) is 0 Å². The standard InChI is InChI=1S/C16H25O2S/c17-15(11-19-3-1-18-2-4-19)16-8-12-5-13(9-16)7-14(6-12)10-16/h12-14H,1-11H2/q+1. The number of ether oxygens (including phenoxy) is 1. The molecule has 0 spiro atoms. The minimum absolute atomic E-state index is 0.139.